The van der Waals surface area contributed by atoms with Gasteiger partial charge in [0.1, 0.15) is 18.0 Å². The zero-order chi connectivity index (χ0) is 50.6. The van der Waals surface area contributed by atoms with Gasteiger partial charge in [-0.05, 0) is 58.8 Å². The third kappa shape index (κ3) is 20.0. The van der Waals surface area contributed by atoms with Gasteiger partial charge in [-0.1, -0.05) is 86.8 Å². The number of hydrogen-bond donors (Lipinski definition) is 12. The van der Waals surface area contributed by atoms with Crippen LogP contribution in [0.25, 0.3) is 0 Å². The Morgan fingerprint density at radius 1 is 0.721 bits per heavy atom. The average Bonchev–Trinajstić information content (AvgIpc) is 3.26. The van der Waals surface area contributed by atoms with Gasteiger partial charge in [0.2, 0.25) is 0 Å². The molecule has 13 N–H and O–H groups in total. The van der Waals surface area contributed by atoms with Gasteiger partial charge in [-0.15, -0.1) is 0 Å². The highest BCUT2D eigenvalue weighted by Gasteiger charge is 2.50. The monoisotopic (exact) mass is 968 g/mol. The summed E-state index contributed by atoms with van der Waals surface area (Å²) in [5.74, 6) is -5.42. The molecule has 3 aliphatic rings. The standard InChI is InChI=1S/C50H81NO17/c1-30-18-15-13-11-9-7-5-6-8-10-12-14-16-19-37(67-49-48(63)45(51)47(62)33(4)66-49)27-42-44(39(57)20-17-23-52)41(59)29-50(64,68-42)28-40(58)38(56)22-21-34(53)24-35(54)25-36(55)26-43(60)65-32(3)31(2)46(30)61/h5-6,8,10-16,18-19,30-38,40-42,44-49,52-56,58-59,61-64H,7,9,17,20-29,51H2,1-4H3/b6-5+,10-8+,13-11+,14-12+,18-15+,19-16+/t30-,31-,32-,33+,34+,35+,36+,37-,38+,40+,41-,42-,44+,45-,46+,47+,48-,49-,50+/m0/s1. The van der Waals surface area contributed by atoms with Gasteiger partial charge in [-0.3, -0.25) is 9.59 Å². The topological polar surface area (TPSA) is 320 Å². The summed E-state index contributed by atoms with van der Waals surface area (Å²) in [5, 5.41) is 119. The molecule has 0 aromatic heterocycles. The van der Waals surface area contributed by atoms with Gasteiger partial charge < -0.3 is 80.9 Å². The van der Waals surface area contributed by atoms with Crippen LogP contribution in [-0.2, 0) is 28.5 Å². The molecule has 0 aromatic rings. The number of nitrogens with two attached hydrogens (primary N) is 1. The summed E-state index contributed by atoms with van der Waals surface area (Å²) in [6.45, 7) is 6.52. The van der Waals surface area contributed by atoms with Gasteiger partial charge >= 0.3 is 5.97 Å². The van der Waals surface area contributed by atoms with Crippen LogP contribution in [0.5, 0.6) is 0 Å². The second-order valence-corrected chi connectivity index (χ2v) is 18.8. The van der Waals surface area contributed by atoms with Crippen LogP contribution in [-0.4, -0.2) is 172 Å². The first-order chi connectivity index (χ1) is 32.2. The Labute approximate surface area is 400 Å². The molecule has 19 atom stereocenters. The van der Waals surface area contributed by atoms with Crippen molar-refractivity contribution < 1.29 is 84.7 Å². The Hall–Kier alpha value is -3.02. The van der Waals surface area contributed by atoms with Crippen LogP contribution < -0.4 is 5.73 Å². The molecule has 2 saturated heterocycles. The minimum absolute atomic E-state index is 0.0921. The molecule has 0 aromatic carbocycles. The molecule has 2 fully saturated rings. The molecule has 3 heterocycles. The number of ether oxygens (including phenoxy) is 4. The van der Waals surface area contributed by atoms with Crippen molar-refractivity contribution >= 4 is 11.8 Å². The number of rotatable bonds is 6. The predicted molar refractivity (Wildman–Crippen MR) is 251 cm³/mol. The minimum Gasteiger partial charge on any atom is -0.462 e. The van der Waals surface area contributed by atoms with Crippen molar-refractivity contribution in [3.8, 4) is 0 Å². The summed E-state index contributed by atoms with van der Waals surface area (Å²) >= 11 is 0. The van der Waals surface area contributed by atoms with Crippen LogP contribution in [0.3, 0.4) is 0 Å². The average molecular weight is 968 g/mol. The van der Waals surface area contributed by atoms with E-state index in [1.807, 2.05) is 49.5 Å². The highest BCUT2D eigenvalue weighted by atomic mass is 16.7. The lowest BCUT2D eigenvalue weighted by Gasteiger charge is -2.46. The third-order valence-electron chi connectivity index (χ3n) is 12.9. The summed E-state index contributed by atoms with van der Waals surface area (Å²) in [7, 11) is 0. The van der Waals surface area contributed by atoms with E-state index in [1.54, 1.807) is 51.2 Å². The lowest BCUT2D eigenvalue weighted by molar-refractivity contribution is -0.308. The van der Waals surface area contributed by atoms with E-state index < -0.39 is 140 Å². The Morgan fingerprint density at radius 2 is 1.32 bits per heavy atom. The van der Waals surface area contributed by atoms with Crippen molar-refractivity contribution in [2.45, 2.75) is 202 Å². The predicted octanol–water partition coefficient (Wildman–Crippen LogP) is 1.19. The number of carbonyl (C=O) groups is 2. The molecule has 2 bridgehead atoms. The van der Waals surface area contributed by atoms with Crippen molar-refractivity contribution in [1.82, 2.24) is 0 Å². The first kappa shape index (κ1) is 59.3. The smallest absolute Gasteiger partial charge is 0.308 e. The maximum absolute atomic E-state index is 13.6. The number of cyclic esters (lactones) is 1. The van der Waals surface area contributed by atoms with Gasteiger partial charge in [0, 0.05) is 44.1 Å². The van der Waals surface area contributed by atoms with Gasteiger partial charge in [-0.25, -0.2) is 0 Å². The first-order valence-corrected chi connectivity index (χ1v) is 24.1. The number of ketones is 1. The Balaban J connectivity index is 1.89. The molecule has 68 heavy (non-hydrogen) atoms. The molecule has 0 unspecified atom stereocenters. The number of allylic oxidation sites excluding steroid dienone is 10. The van der Waals surface area contributed by atoms with Gasteiger partial charge in [0.15, 0.2) is 12.1 Å². The lowest BCUT2D eigenvalue weighted by atomic mass is 9.79. The molecule has 3 rings (SSSR count). The van der Waals surface area contributed by atoms with E-state index in [4.69, 9.17) is 24.7 Å². The highest BCUT2D eigenvalue weighted by molar-refractivity contribution is 5.82. The SMILES string of the molecule is C[C@@H]1[C@H](O)[C@@H](C)/C=C/C=C/CC/C=C/C=C/C=C/C=C/[C@H](O[C@@H]2O[C@H](C)[C@@H](O)[C@H](N)[C@@H]2O)C[C@@H]2O[C@](O)(C[C@@H](O)[C@H](O)CC[C@@H](O)C[C@@H](O)C[C@@H](O)CC(=O)O[C@H]1C)C[C@H](O)[C@H]2C(=O)CCCO. The minimum atomic E-state index is -2.30. The van der Waals surface area contributed by atoms with Crippen molar-refractivity contribution in [3.63, 3.8) is 0 Å². The van der Waals surface area contributed by atoms with Crippen LogP contribution in [0.2, 0.25) is 0 Å². The van der Waals surface area contributed by atoms with Crippen LogP contribution in [0.15, 0.2) is 72.9 Å². The zero-order valence-electron chi connectivity index (χ0n) is 40.0. The first-order valence-electron chi connectivity index (χ1n) is 24.1. The maximum Gasteiger partial charge on any atom is 0.308 e. The Bertz CT molecular complexity index is 1670. The number of fused-ring (bicyclic) bond motifs is 2. The van der Waals surface area contributed by atoms with Gasteiger partial charge in [0.05, 0.1) is 85.5 Å². The van der Waals surface area contributed by atoms with Crippen LogP contribution >= 0.6 is 0 Å². The molecule has 0 saturated carbocycles. The molecule has 388 valence electrons. The zero-order valence-corrected chi connectivity index (χ0v) is 40.0. The molecule has 3 aliphatic heterocycles. The van der Waals surface area contributed by atoms with Crippen LogP contribution in [0.4, 0.5) is 0 Å². The second-order valence-electron chi connectivity index (χ2n) is 18.8. The summed E-state index contributed by atoms with van der Waals surface area (Å²) < 4.78 is 23.6. The fourth-order valence-corrected chi connectivity index (χ4v) is 8.63. The number of Topliss-reactive ketones (excluding diaryl/α,β-unsaturated/α-hetero) is 1. The fraction of sp³-hybridized carbons (Fsp3) is 0.720. The molecule has 18 nitrogen and oxygen atoms in total. The Kier molecular flexibility index (Phi) is 26.2. The molecule has 0 radical (unpaired) electrons. The van der Waals surface area contributed by atoms with E-state index in [-0.39, 0.29) is 57.5 Å². The van der Waals surface area contributed by atoms with E-state index in [0.717, 1.165) is 12.8 Å². The summed E-state index contributed by atoms with van der Waals surface area (Å²) in [6.07, 6.45) is 3.41. The maximum atomic E-state index is 13.6. The second kappa shape index (κ2) is 30.0. The van der Waals surface area contributed by atoms with Gasteiger partial charge in [0.25, 0.3) is 0 Å². The summed E-state index contributed by atoms with van der Waals surface area (Å²) in [4.78, 5) is 26.2. The molecular weight excluding hydrogens is 887 g/mol. The molecule has 0 amide bonds. The number of hydrogen-bond acceptors (Lipinski definition) is 18. The quantitative estimate of drug-likeness (QED) is 0.166. The van der Waals surface area contributed by atoms with Crippen molar-refractivity contribution in [2.75, 3.05) is 6.61 Å². The van der Waals surface area contributed by atoms with Crippen molar-refractivity contribution in [1.29, 1.82) is 0 Å². The third-order valence-corrected chi connectivity index (χ3v) is 12.9. The summed E-state index contributed by atoms with van der Waals surface area (Å²) in [6, 6.07) is -1.13. The van der Waals surface area contributed by atoms with Crippen molar-refractivity contribution in [2.24, 2.45) is 23.5 Å². The van der Waals surface area contributed by atoms with Crippen LogP contribution in [0, 0.1) is 17.8 Å². The van der Waals surface area contributed by atoms with E-state index in [2.05, 4.69) is 0 Å². The largest absolute Gasteiger partial charge is 0.462 e. The molecule has 0 spiro atoms. The fourth-order valence-electron chi connectivity index (χ4n) is 8.63. The molecule has 0 aliphatic carbocycles. The van der Waals surface area contributed by atoms with Gasteiger partial charge in [-0.2, -0.15) is 0 Å². The van der Waals surface area contributed by atoms with E-state index in [1.165, 1.54) is 0 Å². The normalized spacial score (nSPS) is 43.8. The number of esters is 1. The number of carbonyl (C=O) groups excluding carboxylic acids is 2. The Morgan fingerprint density at radius 3 is 2.00 bits per heavy atom. The lowest BCUT2D eigenvalue weighted by Crippen LogP contribution is -2.61. The molecular formula is C50H81NO17. The van der Waals surface area contributed by atoms with Crippen LogP contribution in [0.1, 0.15) is 105 Å². The highest BCUT2D eigenvalue weighted by Crippen LogP contribution is 2.39. The number of aliphatic hydroxyl groups excluding tert-OH is 10. The van der Waals surface area contributed by atoms with E-state index in [9.17, 15) is 65.8 Å². The number of aliphatic hydroxyl groups is 11. The summed E-state index contributed by atoms with van der Waals surface area (Å²) in [5.41, 5.74) is 6.08. The van der Waals surface area contributed by atoms with E-state index in [0.29, 0.717) is 0 Å². The van der Waals surface area contributed by atoms with E-state index >= 15 is 0 Å². The molecule has 18 heteroatoms. The van der Waals surface area contributed by atoms with Crippen molar-refractivity contribution in [3.05, 3.63) is 72.9 Å².